The van der Waals surface area contributed by atoms with Gasteiger partial charge < -0.3 is 19.9 Å². The van der Waals surface area contributed by atoms with Crippen LogP contribution in [0.25, 0.3) is 17.2 Å². The molecule has 5 rings (SSSR count). The number of carbonyl (C=O) groups is 2. The Balaban J connectivity index is 1.41. The van der Waals surface area contributed by atoms with Crippen molar-refractivity contribution in [1.29, 1.82) is 0 Å². The average Bonchev–Trinajstić information content (AvgIpc) is 3.39. The van der Waals surface area contributed by atoms with Gasteiger partial charge in [0.25, 0.3) is 5.56 Å². The molecule has 2 aromatic carbocycles. The summed E-state index contributed by atoms with van der Waals surface area (Å²) in [6, 6.07) is 16.8. The molecule has 39 heavy (non-hydrogen) atoms. The predicted octanol–water partition coefficient (Wildman–Crippen LogP) is 3.07. The number of amides is 1. The Kier molecular flexibility index (Phi) is 7.56. The SMILES string of the molecule is CCOC(=O)C1CNCCC1c1ccc(-c2nc3n(CC(=O)Nc4ccc(C)cc4)c(C)cc(=O)n3n2)cc1. The first kappa shape index (κ1) is 26.3. The molecule has 0 spiro atoms. The van der Waals surface area contributed by atoms with Gasteiger partial charge in [0.2, 0.25) is 11.7 Å². The van der Waals surface area contributed by atoms with Crippen molar-refractivity contribution in [2.24, 2.45) is 5.92 Å². The van der Waals surface area contributed by atoms with Crippen LogP contribution in [0.4, 0.5) is 5.69 Å². The van der Waals surface area contributed by atoms with E-state index in [-0.39, 0.29) is 35.8 Å². The van der Waals surface area contributed by atoms with E-state index in [1.54, 1.807) is 11.5 Å². The van der Waals surface area contributed by atoms with Gasteiger partial charge in [-0.25, -0.2) is 0 Å². The van der Waals surface area contributed by atoms with E-state index in [9.17, 15) is 14.4 Å². The molecule has 0 radical (unpaired) electrons. The molecule has 202 valence electrons. The summed E-state index contributed by atoms with van der Waals surface area (Å²) in [5, 5.41) is 10.6. The third-order valence-electron chi connectivity index (χ3n) is 7.10. The van der Waals surface area contributed by atoms with Gasteiger partial charge >= 0.3 is 5.97 Å². The normalized spacial score (nSPS) is 17.2. The molecule has 0 aliphatic carbocycles. The fraction of sp³-hybridized carbons (Fsp3) is 0.345. The molecular formula is C29H32N6O4. The summed E-state index contributed by atoms with van der Waals surface area (Å²) in [6.07, 6.45) is 0.832. The van der Waals surface area contributed by atoms with Crippen LogP contribution in [-0.4, -0.2) is 50.7 Å². The van der Waals surface area contributed by atoms with E-state index >= 15 is 0 Å². The Morgan fingerprint density at radius 3 is 2.56 bits per heavy atom. The van der Waals surface area contributed by atoms with Crippen LogP contribution in [0.1, 0.15) is 36.1 Å². The van der Waals surface area contributed by atoms with E-state index in [0.29, 0.717) is 36.1 Å². The van der Waals surface area contributed by atoms with Crippen LogP contribution in [0.15, 0.2) is 59.4 Å². The summed E-state index contributed by atoms with van der Waals surface area (Å²) in [5.74, 6) is 0.0602. The molecule has 1 amide bonds. The van der Waals surface area contributed by atoms with Crippen LogP contribution in [0.2, 0.25) is 0 Å². The van der Waals surface area contributed by atoms with Gasteiger partial charge in [0.1, 0.15) is 6.54 Å². The third-order valence-corrected chi connectivity index (χ3v) is 7.10. The number of ether oxygens (including phenoxy) is 1. The number of nitrogens with zero attached hydrogens (tertiary/aromatic N) is 4. The number of hydrogen-bond acceptors (Lipinski definition) is 7. The highest BCUT2D eigenvalue weighted by Crippen LogP contribution is 2.32. The predicted molar refractivity (Wildman–Crippen MR) is 148 cm³/mol. The molecule has 1 aliphatic heterocycles. The minimum absolute atomic E-state index is 0.0223. The summed E-state index contributed by atoms with van der Waals surface area (Å²) in [5.41, 5.74) is 3.87. The Labute approximate surface area is 226 Å². The third kappa shape index (κ3) is 5.61. The smallest absolute Gasteiger partial charge is 0.310 e. The van der Waals surface area contributed by atoms with Crippen LogP contribution in [0, 0.1) is 19.8 Å². The van der Waals surface area contributed by atoms with E-state index in [1.165, 1.54) is 10.6 Å². The van der Waals surface area contributed by atoms with E-state index in [4.69, 9.17) is 4.74 Å². The summed E-state index contributed by atoms with van der Waals surface area (Å²) in [6.45, 7) is 7.32. The van der Waals surface area contributed by atoms with E-state index < -0.39 is 0 Å². The highest BCUT2D eigenvalue weighted by Gasteiger charge is 2.33. The van der Waals surface area contributed by atoms with Crippen molar-refractivity contribution in [2.45, 2.75) is 39.7 Å². The van der Waals surface area contributed by atoms with Gasteiger partial charge in [0.05, 0.1) is 12.5 Å². The van der Waals surface area contributed by atoms with Gasteiger partial charge in [-0.15, -0.1) is 5.10 Å². The lowest BCUT2D eigenvalue weighted by Gasteiger charge is -2.30. The molecule has 2 atom stereocenters. The molecule has 0 bridgehead atoms. The van der Waals surface area contributed by atoms with Crippen molar-refractivity contribution in [3.63, 3.8) is 0 Å². The second kappa shape index (κ2) is 11.2. The zero-order valence-corrected chi connectivity index (χ0v) is 22.3. The number of aromatic nitrogens is 4. The molecule has 4 aromatic rings. The van der Waals surface area contributed by atoms with Gasteiger partial charge in [-0.3, -0.25) is 14.4 Å². The fourth-order valence-electron chi connectivity index (χ4n) is 5.03. The number of benzene rings is 2. The molecule has 2 aromatic heterocycles. The number of hydrogen-bond donors (Lipinski definition) is 2. The van der Waals surface area contributed by atoms with E-state index in [0.717, 1.165) is 29.7 Å². The largest absolute Gasteiger partial charge is 0.466 e. The van der Waals surface area contributed by atoms with Crippen molar-refractivity contribution in [3.8, 4) is 11.4 Å². The molecule has 2 N–H and O–H groups in total. The molecule has 2 unspecified atom stereocenters. The summed E-state index contributed by atoms with van der Waals surface area (Å²) in [7, 11) is 0. The molecule has 3 heterocycles. The van der Waals surface area contributed by atoms with Crippen LogP contribution < -0.4 is 16.2 Å². The van der Waals surface area contributed by atoms with Crippen LogP contribution >= 0.6 is 0 Å². The van der Waals surface area contributed by atoms with Crippen molar-refractivity contribution in [1.82, 2.24) is 24.5 Å². The van der Waals surface area contributed by atoms with Crippen molar-refractivity contribution >= 4 is 23.3 Å². The highest BCUT2D eigenvalue weighted by atomic mass is 16.5. The first-order chi connectivity index (χ1) is 18.8. The molecule has 1 fully saturated rings. The quantitative estimate of drug-likeness (QED) is 0.354. The molecule has 0 saturated carbocycles. The molecular weight excluding hydrogens is 496 g/mol. The number of piperidine rings is 1. The van der Waals surface area contributed by atoms with Gasteiger partial charge in [-0.2, -0.15) is 9.50 Å². The number of rotatable bonds is 7. The van der Waals surface area contributed by atoms with E-state index in [2.05, 4.69) is 20.7 Å². The highest BCUT2D eigenvalue weighted by molar-refractivity contribution is 5.90. The lowest BCUT2D eigenvalue weighted by molar-refractivity contribution is -0.149. The van der Waals surface area contributed by atoms with E-state index in [1.807, 2.05) is 62.4 Å². The zero-order chi connectivity index (χ0) is 27.5. The molecule has 10 nitrogen and oxygen atoms in total. The lowest BCUT2D eigenvalue weighted by Crippen LogP contribution is -2.40. The number of anilines is 1. The molecule has 1 saturated heterocycles. The summed E-state index contributed by atoms with van der Waals surface area (Å²) >= 11 is 0. The zero-order valence-electron chi connectivity index (χ0n) is 22.3. The number of nitrogens with one attached hydrogen (secondary N) is 2. The standard InChI is InChI=1S/C29H32N6O4/c1-4-39-28(38)24-16-30-14-13-23(24)20-7-9-21(10-8-20)27-32-29-34(19(3)15-26(37)35(29)33-27)17-25(36)31-22-11-5-18(2)6-12-22/h5-12,15,23-24,30H,4,13-14,16-17H2,1-3H3,(H,31,36). The Hall–Kier alpha value is -4.31. The Morgan fingerprint density at radius 2 is 1.85 bits per heavy atom. The maximum Gasteiger partial charge on any atom is 0.310 e. The second-order valence-electron chi connectivity index (χ2n) is 9.85. The number of aryl methyl sites for hydroxylation is 2. The van der Waals surface area contributed by atoms with Gasteiger partial charge in [0.15, 0.2) is 5.82 Å². The number of carbonyl (C=O) groups excluding carboxylic acids is 2. The second-order valence-corrected chi connectivity index (χ2v) is 9.85. The van der Waals surface area contributed by atoms with Crippen molar-refractivity contribution in [2.75, 3.05) is 25.0 Å². The summed E-state index contributed by atoms with van der Waals surface area (Å²) in [4.78, 5) is 42.7. The Bertz CT molecular complexity index is 1560. The lowest BCUT2D eigenvalue weighted by atomic mass is 9.81. The first-order valence-electron chi connectivity index (χ1n) is 13.2. The van der Waals surface area contributed by atoms with Gasteiger partial charge in [-0.05, 0) is 57.4 Å². The Morgan fingerprint density at radius 1 is 1.10 bits per heavy atom. The fourth-order valence-corrected chi connectivity index (χ4v) is 5.03. The number of fused-ring (bicyclic) bond motifs is 1. The minimum atomic E-state index is -0.319. The topological polar surface area (TPSA) is 120 Å². The van der Waals surface area contributed by atoms with Gasteiger partial charge in [0, 0.05) is 29.6 Å². The number of esters is 1. The summed E-state index contributed by atoms with van der Waals surface area (Å²) < 4.78 is 8.19. The average molecular weight is 529 g/mol. The van der Waals surface area contributed by atoms with Crippen LogP contribution in [-0.2, 0) is 20.9 Å². The first-order valence-corrected chi connectivity index (χ1v) is 13.2. The van der Waals surface area contributed by atoms with Crippen molar-refractivity contribution in [3.05, 3.63) is 81.8 Å². The van der Waals surface area contributed by atoms with Crippen LogP contribution in [0.5, 0.6) is 0 Å². The molecule has 1 aliphatic rings. The monoisotopic (exact) mass is 528 g/mol. The van der Waals surface area contributed by atoms with Gasteiger partial charge in [-0.1, -0.05) is 42.0 Å². The van der Waals surface area contributed by atoms with Crippen LogP contribution in [0.3, 0.4) is 0 Å². The maximum absolute atomic E-state index is 12.8. The maximum atomic E-state index is 12.8. The molecule has 10 heteroatoms. The van der Waals surface area contributed by atoms with Crippen molar-refractivity contribution < 1.29 is 14.3 Å². The minimum Gasteiger partial charge on any atom is -0.466 e.